The topological polar surface area (TPSA) is 72.8 Å². The van der Waals surface area contributed by atoms with Crippen molar-refractivity contribution >= 4 is 11.9 Å². The molecule has 2 saturated carbocycles. The van der Waals surface area contributed by atoms with Crippen molar-refractivity contribution in [2.75, 3.05) is 0 Å². The predicted molar refractivity (Wildman–Crippen MR) is 139 cm³/mol. The lowest BCUT2D eigenvalue weighted by atomic mass is 9.62. The van der Waals surface area contributed by atoms with Crippen LogP contribution in [0, 0.1) is 17.3 Å². The van der Waals surface area contributed by atoms with Gasteiger partial charge < -0.3 is 14.6 Å². The SMILES string of the molecule is CC(=O)OC1CC(=C/C=C2\CCC[C@]3(C)C(C(C)C/C=C\C(O)(C(F)(F)F)C(F)(F)F)=CCC23)C[C@@H](OC(C)=O)C1. The maximum Gasteiger partial charge on any atom is 0.429 e. The molecule has 0 amide bonds. The number of carbonyl (C=O) groups excluding carboxylic acids is 2. The normalized spacial score (nSPS) is 30.3. The molecule has 0 aliphatic heterocycles. The lowest BCUT2D eigenvalue weighted by Gasteiger charge is -2.42. The minimum absolute atomic E-state index is 0.0826. The summed E-state index contributed by atoms with van der Waals surface area (Å²) in [5.41, 5.74) is -2.02. The van der Waals surface area contributed by atoms with Gasteiger partial charge in [0.1, 0.15) is 12.2 Å². The molecule has 0 spiro atoms. The van der Waals surface area contributed by atoms with E-state index in [0.29, 0.717) is 25.7 Å². The number of halogens is 6. The van der Waals surface area contributed by atoms with Crippen molar-refractivity contribution in [3.8, 4) is 0 Å². The maximum absolute atomic E-state index is 13.0. The fourth-order valence-corrected chi connectivity index (χ4v) is 6.67. The Bertz CT molecular complexity index is 1080. The van der Waals surface area contributed by atoms with E-state index in [1.165, 1.54) is 19.4 Å². The van der Waals surface area contributed by atoms with Crippen molar-refractivity contribution in [2.24, 2.45) is 17.3 Å². The van der Waals surface area contributed by atoms with Gasteiger partial charge in [-0.05, 0) is 55.4 Å². The molecule has 3 aliphatic rings. The Morgan fingerprint density at radius 1 is 1.05 bits per heavy atom. The number of ether oxygens (including phenoxy) is 2. The summed E-state index contributed by atoms with van der Waals surface area (Å²) in [7, 11) is 0. The summed E-state index contributed by atoms with van der Waals surface area (Å²) >= 11 is 0. The Hall–Kier alpha value is -2.56. The molecule has 3 unspecified atom stereocenters. The Morgan fingerprint density at radius 2 is 1.61 bits per heavy atom. The van der Waals surface area contributed by atoms with E-state index < -0.39 is 42.1 Å². The number of rotatable bonds is 7. The predicted octanol–water partition coefficient (Wildman–Crippen LogP) is 7.46. The summed E-state index contributed by atoms with van der Waals surface area (Å²) in [5.74, 6) is -1.01. The van der Waals surface area contributed by atoms with Crippen LogP contribution in [0.1, 0.15) is 79.1 Å². The highest BCUT2D eigenvalue weighted by atomic mass is 19.4. The summed E-state index contributed by atoms with van der Waals surface area (Å²) in [6.45, 7) is 6.53. The minimum Gasteiger partial charge on any atom is -0.462 e. The third kappa shape index (κ3) is 7.45. The van der Waals surface area contributed by atoms with Crippen molar-refractivity contribution in [1.29, 1.82) is 0 Å². The van der Waals surface area contributed by atoms with Gasteiger partial charge >= 0.3 is 24.3 Å². The van der Waals surface area contributed by atoms with E-state index in [-0.39, 0.29) is 29.7 Å². The molecular formula is C30H38F6O5. The number of alkyl halides is 6. The zero-order valence-corrected chi connectivity index (χ0v) is 23.7. The van der Waals surface area contributed by atoms with Gasteiger partial charge in [0, 0.05) is 33.1 Å². The molecule has 0 heterocycles. The molecule has 0 saturated heterocycles. The first-order valence-corrected chi connectivity index (χ1v) is 13.8. The largest absolute Gasteiger partial charge is 0.462 e. The molecule has 1 N–H and O–H groups in total. The second kappa shape index (κ2) is 12.4. The lowest BCUT2D eigenvalue weighted by molar-refractivity contribution is -0.347. The van der Waals surface area contributed by atoms with Crippen LogP contribution in [0.3, 0.4) is 0 Å². The van der Waals surface area contributed by atoms with Crippen LogP contribution >= 0.6 is 0 Å². The second-order valence-electron chi connectivity index (χ2n) is 11.7. The molecule has 0 radical (unpaired) electrons. The molecular weight excluding hydrogens is 554 g/mol. The van der Waals surface area contributed by atoms with Crippen molar-refractivity contribution in [3.63, 3.8) is 0 Å². The fourth-order valence-electron chi connectivity index (χ4n) is 6.67. The number of carbonyl (C=O) groups is 2. The molecule has 5 nitrogen and oxygen atoms in total. The van der Waals surface area contributed by atoms with Crippen LogP contribution in [0.25, 0.3) is 0 Å². The smallest absolute Gasteiger partial charge is 0.429 e. The Morgan fingerprint density at radius 3 is 2.12 bits per heavy atom. The fraction of sp³-hybridized carbons (Fsp3) is 0.667. The number of hydrogen-bond acceptors (Lipinski definition) is 5. The highest BCUT2D eigenvalue weighted by Gasteiger charge is 2.68. The molecule has 0 aromatic rings. The van der Waals surface area contributed by atoms with Crippen LogP contribution in [0.2, 0.25) is 0 Å². The van der Waals surface area contributed by atoms with E-state index in [0.717, 1.165) is 36.5 Å². The molecule has 11 heteroatoms. The molecule has 0 aromatic carbocycles. The average molecular weight is 593 g/mol. The minimum atomic E-state index is -5.89. The van der Waals surface area contributed by atoms with Crippen LogP contribution in [-0.4, -0.2) is 47.2 Å². The van der Waals surface area contributed by atoms with Gasteiger partial charge in [-0.15, -0.1) is 0 Å². The molecule has 230 valence electrons. The molecule has 3 aliphatic carbocycles. The van der Waals surface area contributed by atoms with Crippen molar-refractivity contribution in [1.82, 2.24) is 0 Å². The third-order valence-corrected chi connectivity index (χ3v) is 8.56. The van der Waals surface area contributed by atoms with Crippen molar-refractivity contribution in [3.05, 3.63) is 47.1 Å². The van der Waals surface area contributed by atoms with E-state index in [9.17, 15) is 41.0 Å². The number of hydrogen-bond donors (Lipinski definition) is 1. The lowest BCUT2D eigenvalue weighted by Crippen LogP contribution is -2.55. The Kier molecular flexibility index (Phi) is 9.93. The van der Waals surface area contributed by atoms with Gasteiger partial charge in [-0.1, -0.05) is 54.9 Å². The second-order valence-corrected chi connectivity index (χ2v) is 11.7. The first-order chi connectivity index (χ1) is 18.9. The zero-order valence-electron chi connectivity index (χ0n) is 23.7. The number of fused-ring (bicyclic) bond motifs is 1. The Labute approximate surface area is 236 Å². The summed E-state index contributed by atoms with van der Waals surface area (Å²) in [4.78, 5) is 23.0. The summed E-state index contributed by atoms with van der Waals surface area (Å²) in [5, 5.41) is 9.41. The van der Waals surface area contributed by atoms with Gasteiger partial charge in [0.2, 0.25) is 0 Å². The van der Waals surface area contributed by atoms with Crippen LogP contribution in [0.4, 0.5) is 26.3 Å². The van der Waals surface area contributed by atoms with Crippen LogP contribution in [0.15, 0.2) is 47.1 Å². The summed E-state index contributed by atoms with van der Waals surface area (Å²) < 4.78 is 88.9. The summed E-state index contributed by atoms with van der Waals surface area (Å²) in [6, 6.07) is 0. The van der Waals surface area contributed by atoms with Gasteiger partial charge in [0.25, 0.3) is 5.60 Å². The highest BCUT2D eigenvalue weighted by molar-refractivity contribution is 5.67. The van der Waals surface area contributed by atoms with Crippen LogP contribution in [0.5, 0.6) is 0 Å². The van der Waals surface area contributed by atoms with Crippen molar-refractivity contribution in [2.45, 2.75) is 109 Å². The van der Waals surface area contributed by atoms with Gasteiger partial charge in [-0.25, -0.2) is 0 Å². The van der Waals surface area contributed by atoms with E-state index in [1.807, 2.05) is 12.2 Å². The monoisotopic (exact) mass is 592 g/mol. The van der Waals surface area contributed by atoms with Gasteiger partial charge in [-0.2, -0.15) is 26.3 Å². The average Bonchev–Trinajstić information content (AvgIpc) is 3.17. The van der Waals surface area contributed by atoms with Crippen molar-refractivity contribution < 1.29 is 50.5 Å². The van der Waals surface area contributed by atoms with Gasteiger partial charge in [-0.3, -0.25) is 9.59 Å². The van der Waals surface area contributed by atoms with Crippen LogP contribution < -0.4 is 0 Å². The van der Waals surface area contributed by atoms with E-state index in [1.54, 1.807) is 6.92 Å². The maximum atomic E-state index is 13.0. The van der Waals surface area contributed by atoms with Crippen LogP contribution in [-0.2, 0) is 19.1 Å². The van der Waals surface area contributed by atoms with Gasteiger partial charge in [0.15, 0.2) is 0 Å². The number of esters is 2. The van der Waals surface area contributed by atoms with E-state index >= 15 is 0 Å². The Balaban J connectivity index is 1.75. The number of aliphatic hydroxyl groups is 1. The molecule has 5 atom stereocenters. The first kappa shape index (κ1) is 32.9. The first-order valence-electron chi connectivity index (χ1n) is 13.8. The van der Waals surface area contributed by atoms with Gasteiger partial charge in [0.05, 0.1) is 0 Å². The molecule has 3 rings (SSSR count). The summed E-state index contributed by atoms with van der Waals surface area (Å²) in [6.07, 6.45) is -1.22. The molecule has 0 aromatic heterocycles. The number of allylic oxidation sites excluding steroid dienone is 6. The third-order valence-electron chi connectivity index (χ3n) is 8.56. The highest BCUT2D eigenvalue weighted by Crippen LogP contribution is 2.57. The standard InChI is InChI=1S/C30H38F6O5/c1-18(7-5-14-28(39,29(31,32)33)30(34,35)36)25-11-12-26-22(8-6-13-27(25,26)4)10-9-21-15-23(40-19(2)37)17-24(16-21)41-20(3)38/h5,9-11,14,18,23-24,26,39H,6-8,12-13,15-17H2,1-4H3/b14-5-,21-9?,22-10+/t18?,23-,24?,26?,27-/m1/s1. The molecule has 0 bridgehead atoms. The zero-order chi connectivity index (χ0) is 30.8. The van der Waals surface area contributed by atoms with E-state index in [2.05, 4.69) is 13.0 Å². The van der Waals surface area contributed by atoms with E-state index in [4.69, 9.17) is 9.47 Å². The molecule has 41 heavy (non-hydrogen) atoms. The molecule has 2 fully saturated rings. The quantitative estimate of drug-likeness (QED) is 0.189.